The fraction of sp³-hybridized carbons (Fsp3) is 0.478. The number of rotatable bonds is 5. The summed E-state index contributed by atoms with van der Waals surface area (Å²) in [5, 5.41) is 2.66. The van der Waals surface area contributed by atoms with Crippen molar-refractivity contribution in [2.45, 2.75) is 31.9 Å². The molecule has 0 saturated carbocycles. The SMILES string of the molecule is O=C(Nc1cccnc1N1CCC(CN2CCCC2)CC1)c1ccccc1C(F)(F)F. The number of nitrogens with zero attached hydrogens (tertiary/aromatic N) is 3. The summed E-state index contributed by atoms with van der Waals surface area (Å²) in [4.78, 5) is 21.8. The van der Waals surface area contributed by atoms with Gasteiger partial charge in [-0.1, -0.05) is 12.1 Å². The van der Waals surface area contributed by atoms with Crippen molar-refractivity contribution in [3.63, 3.8) is 0 Å². The van der Waals surface area contributed by atoms with Crippen molar-refractivity contribution in [2.75, 3.05) is 42.9 Å². The van der Waals surface area contributed by atoms with Crippen LogP contribution in [0.3, 0.4) is 0 Å². The molecule has 1 aromatic heterocycles. The van der Waals surface area contributed by atoms with E-state index in [-0.39, 0.29) is 0 Å². The maximum Gasteiger partial charge on any atom is 0.417 e. The summed E-state index contributed by atoms with van der Waals surface area (Å²) < 4.78 is 39.9. The van der Waals surface area contributed by atoms with Crippen molar-refractivity contribution in [2.24, 2.45) is 5.92 Å². The Balaban J connectivity index is 1.44. The number of alkyl halides is 3. The van der Waals surface area contributed by atoms with Crippen molar-refractivity contribution in [3.05, 3.63) is 53.7 Å². The van der Waals surface area contributed by atoms with Gasteiger partial charge in [-0.2, -0.15) is 13.2 Å². The molecule has 31 heavy (non-hydrogen) atoms. The highest BCUT2D eigenvalue weighted by atomic mass is 19.4. The molecule has 2 aromatic rings. The van der Waals surface area contributed by atoms with Gasteiger partial charge in [0.1, 0.15) is 0 Å². The Hall–Kier alpha value is -2.61. The smallest absolute Gasteiger partial charge is 0.355 e. The minimum Gasteiger partial charge on any atom is -0.355 e. The van der Waals surface area contributed by atoms with Crippen molar-refractivity contribution < 1.29 is 18.0 Å². The van der Waals surface area contributed by atoms with E-state index in [9.17, 15) is 18.0 Å². The van der Waals surface area contributed by atoms with E-state index in [1.807, 2.05) is 0 Å². The van der Waals surface area contributed by atoms with Crippen molar-refractivity contribution >= 4 is 17.4 Å². The predicted molar refractivity (Wildman–Crippen MR) is 114 cm³/mol. The average Bonchev–Trinajstić information content (AvgIpc) is 3.27. The van der Waals surface area contributed by atoms with Gasteiger partial charge >= 0.3 is 6.18 Å². The molecule has 8 heteroatoms. The molecule has 0 atom stereocenters. The third-order valence-electron chi connectivity index (χ3n) is 6.14. The summed E-state index contributed by atoms with van der Waals surface area (Å²) >= 11 is 0. The molecular weight excluding hydrogens is 405 g/mol. The van der Waals surface area contributed by atoms with Crippen LogP contribution in [0, 0.1) is 5.92 Å². The number of anilines is 2. The highest BCUT2D eigenvalue weighted by molar-refractivity contribution is 6.06. The second-order valence-corrected chi connectivity index (χ2v) is 8.31. The first-order chi connectivity index (χ1) is 14.9. The van der Waals surface area contributed by atoms with Crippen LogP contribution in [0.5, 0.6) is 0 Å². The largest absolute Gasteiger partial charge is 0.417 e. The van der Waals surface area contributed by atoms with E-state index in [1.54, 1.807) is 18.3 Å². The molecule has 2 fully saturated rings. The second kappa shape index (κ2) is 9.26. The number of carbonyl (C=O) groups is 1. The number of pyridine rings is 1. The average molecular weight is 432 g/mol. The van der Waals surface area contributed by atoms with Crippen molar-refractivity contribution in [1.82, 2.24) is 9.88 Å². The van der Waals surface area contributed by atoms with Crippen LogP contribution in [0.15, 0.2) is 42.6 Å². The summed E-state index contributed by atoms with van der Waals surface area (Å²) in [5.41, 5.74) is -0.905. The second-order valence-electron chi connectivity index (χ2n) is 8.31. The van der Waals surface area contributed by atoms with Gasteiger partial charge in [-0.25, -0.2) is 4.98 Å². The number of likely N-dealkylation sites (tertiary alicyclic amines) is 1. The number of benzene rings is 1. The van der Waals surface area contributed by atoms with Gasteiger partial charge < -0.3 is 15.1 Å². The van der Waals surface area contributed by atoms with E-state index in [0.29, 0.717) is 17.4 Å². The van der Waals surface area contributed by atoms with E-state index in [4.69, 9.17) is 0 Å². The molecule has 166 valence electrons. The molecule has 4 rings (SSSR count). The molecule has 1 amide bonds. The van der Waals surface area contributed by atoms with Crippen LogP contribution in [0.2, 0.25) is 0 Å². The summed E-state index contributed by atoms with van der Waals surface area (Å²) in [7, 11) is 0. The van der Waals surface area contributed by atoms with Crippen LogP contribution in [0.25, 0.3) is 0 Å². The van der Waals surface area contributed by atoms with Crippen molar-refractivity contribution in [1.29, 1.82) is 0 Å². The van der Waals surface area contributed by atoms with Crippen LogP contribution >= 0.6 is 0 Å². The molecule has 1 aromatic carbocycles. The molecule has 0 unspecified atom stereocenters. The van der Waals surface area contributed by atoms with E-state index in [1.165, 1.54) is 44.1 Å². The molecule has 0 aliphatic carbocycles. The zero-order valence-electron chi connectivity index (χ0n) is 17.4. The maximum atomic E-state index is 13.3. The Bertz CT molecular complexity index is 904. The van der Waals surface area contributed by atoms with E-state index in [2.05, 4.69) is 20.1 Å². The summed E-state index contributed by atoms with van der Waals surface area (Å²) in [6.07, 6.45) is 1.70. The van der Waals surface area contributed by atoms with Gasteiger partial charge in [-0.05, 0) is 69.0 Å². The lowest BCUT2D eigenvalue weighted by Crippen LogP contribution is -2.38. The first-order valence-electron chi connectivity index (χ1n) is 10.8. The van der Waals surface area contributed by atoms with Gasteiger partial charge in [0.15, 0.2) is 5.82 Å². The highest BCUT2D eigenvalue weighted by Gasteiger charge is 2.35. The standard InChI is InChI=1S/C23H27F3N4O/c24-23(25,26)19-7-2-1-6-18(19)22(31)28-20-8-5-11-27-21(20)30-14-9-17(10-15-30)16-29-12-3-4-13-29/h1-2,5-8,11,17H,3-4,9-10,12-16H2,(H,28,31). The van der Waals surface area contributed by atoms with E-state index in [0.717, 1.165) is 38.5 Å². The third-order valence-corrected chi connectivity index (χ3v) is 6.14. The summed E-state index contributed by atoms with van der Waals surface area (Å²) in [5.74, 6) is 0.473. The summed E-state index contributed by atoms with van der Waals surface area (Å²) in [6.45, 7) is 5.15. The van der Waals surface area contributed by atoms with E-state index >= 15 is 0 Å². The topological polar surface area (TPSA) is 48.5 Å². The van der Waals surface area contributed by atoms with Gasteiger partial charge in [-0.15, -0.1) is 0 Å². The van der Waals surface area contributed by atoms with Crippen LogP contribution in [0.1, 0.15) is 41.6 Å². The third kappa shape index (κ3) is 5.18. The lowest BCUT2D eigenvalue weighted by Gasteiger charge is -2.35. The Morgan fingerprint density at radius 3 is 2.45 bits per heavy atom. The first kappa shape index (κ1) is 21.6. The number of piperidine rings is 1. The van der Waals surface area contributed by atoms with Crippen LogP contribution in [-0.4, -0.2) is 48.5 Å². The zero-order valence-corrected chi connectivity index (χ0v) is 17.4. The lowest BCUT2D eigenvalue weighted by atomic mass is 9.96. The molecule has 0 bridgehead atoms. The monoisotopic (exact) mass is 432 g/mol. The fourth-order valence-electron chi connectivity index (χ4n) is 4.52. The normalized spacial score (nSPS) is 18.4. The molecule has 3 heterocycles. The molecule has 2 aliphatic heterocycles. The van der Waals surface area contributed by atoms with Crippen LogP contribution < -0.4 is 10.2 Å². The lowest BCUT2D eigenvalue weighted by molar-refractivity contribution is -0.137. The van der Waals surface area contributed by atoms with Gasteiger partial charge in [0.2, 0.25) is 0 Å². The Labute approximate surface area is 180 Å². The van der Waals surface area contributed by atoms with Crippen LogP contribution in [0.4, 0.5) is 24.7 Å². The minimum absolute atomic E-state index is 0.394. The number of carbonyl (C=O) groups excluding carboxylic acids is 1. The Morgan fingerprint density at radius 2 is 1.74 bits per heavy atom. The Morgan fingerprint density at radius 1 is 1.03 bits per heavy atom. The first-order valence-corrected chi connectivity index (χ1v) is 10.8. The number of halogens is 3. The van der Waals surface area contributed by atoms with E-state index < -0.39 is 23.2 Å². The quantitative estimate of drug-likeness (QED) is 0.746. The number of aromatic nitrogens is 1. The number of hydrogen-bond donors (Lipinski definition) is 1. The van der Waals surface area contributed by atoms with Gasteiger partial charge in [0, 0.05) is 25.8 Å². The molecule has 2 saturated heterocycles. The summed E-state index contributed by atoms with van der Waals surface area (Å²) in [6, 6.07) is 8.19. The number of hydrogen-bond acceptors (Lipinski definition) is 4. The molecular formula is C23H27F3N4O. The Kier molecular flexibility index (Phi) is 6.46. The molecule has 0 spiro atoms. The fourth-order valence-corrected chi connectivity index (χ4v) is 4.52. The van der Waals surface area contributed by atoms with Crippen LogP contribution in [-0.2, 0) is 6.18 Å². The minimum atomic E-state index is -4.59. The molecule has 1 N–H and O–H groups in total. The van der Waals surface area contributed by atoms with Gasteiger partial charge in [-0.3, -0.25) is 4.79 Å². The van der Waals surface area contributed by atoms with Gasteiger partial charge in [0.05, 0.1) is 16.8 Å². The zero-order chi connectivity index (χ0) is 21.8. The van der Waals surface area contributed by atoms with Crippen molar-refractivity contribution in [3.8, 4) is 0 Å². The number of nitrogens with one attached hydrogen (secondary N) is 1. The maximum absolute atomic E-state index is 13.3. The van der Waals surface area contributed by atoms with Gasteiger partial charge in [0.25, 0.3) is 5.91 Å². The molecule has 5 nitrogen and oxygen atoms in total. The highest BCUT2D eigenvalue weighted by Crippen LogP contribution is 2.33. The molecule has 0 radical (unpaired) electrons. The number of amides is 1. The molecule has 2 aliphatic rings. The predicted octanol–water partition coefficient (Wildman–Crippen LogP) is 4.66.